The molecule has 1 amide bonds. The lowest BCUT2D eigenvalue weighted by Gasteiger charge is -2.07. The number of hydrogen-bond acceptors (Lipinski definition) is 5. The molecule has 0 atom stereocenters. The van der Waals surface area contributed by atoms with Crippen molar-refractivity contribution in [2.45, 2.75) is 6.54 Å². The smallest absolute Gasteiger partial charge is 0.269 e. The molecule has 1 aromatic carbocycles. The van der Waals surface area contributed by atoms with E-state index in [9.17, 15) is 4.79 Å². The molecule has 6 heteroatoms. The van der Waals surface area contributed by atoms with E-state index in [0.29, 0.717) is 17.1 Å². The first-order chi connectivity index (χ1) is 9.15. The Labute approximate surface area is 110 Å². The van der Waals surface area contributed by atoms with Gasteiger partial charge in [-0.3, -0.25) is 9.78 Å². The molecule has 0 aliphatic heterocycles. The first-order valence-electron chi connectivity index (χ1n) is 5.66. The maximum Gasteiger partial charge on any atom is 0.269 e. The van der Waals surface area contributed by atoms with Crippen molar-refractivity contribution in [2.24, 2.45) is 11.5 Å². The highest BCUT2D eigenvalue weighted by Crippen LogP contribution is 2.22. The minimum atomic E-state index is -0.641. The summed E-state index contributed by atoms with van der Waals surface area (Å²) in [6.45, 7) is 0.115. The van der Waals surface area contributed by atoms with Gasteiger partial charge in [-0.2, -0.15) is 0 Å². The summed E-state index contributed by atoms with van der Waals surface area (Å²) in [6, 6.07) is 7.30. The van der Waals surface area contributed by atoms with Crippen LogP contribution in [0.3, 0.4) is 0 Å². The zero-order chi connectivity index (χ0) is 13.8. The first kappa shape index (κ1) is 13.0. The molecule has 2 rings (SSSR count). The predicted molar refractivity (Wildman–Crippen MR) is 70.4 cm³/mol. The maximum absolute atomic E-state index is 11.3. The molecule has 19 heavy (non-hydrogen) atoms. The van der Waals surface area contributed by atoms with E-state index < -0.39 is 5.91 Å². The van der Waals surface area contributed by atoms with Gasteiger partial charge in [-0.05, 0) is 12.1 Å². The van der Waals surface area contributed by atoms with Crippen LogP contribution in [0, 0.1) is 0 Å². The Hall–Kier alpha value is -2.47. The number of rotatable bonds is 4. The highest BCUT2D eigenvalue weighted by molar-refractivity contribution is 5.92. The van der Waals surface area contributed by atoms with E-state index in [-0.39, 0.29) is 12.2 Å². The number of methoxy groups -OCH3 is 1. The standard InChI is InChI=1S/C13H14N4O2/c1-19-9-4-2-3-8(5-9)11-7-16-10(6-14)12(17-11)13(15)18/h2-5,7H,6,14H2,1H3,(H2,15,18). The summed E-state index contributed by atoms with van der Waals surface area (Å²) in [4.78, 5) is 19.7. The average Bonchev–Trinajstić information content (AvgIpc) is 2.46. The van der Waals surface area contributed by atoms with Gasteiger partial charge in [0.1, 0.15) is 5.75 Å². The van der Waals surface area contributed by atoms with Gasteiger partial charge in [0.25, 0.3) is 5.91 Å². The van der Waals surface area contributed by atoms with Crippen molar-refractivity contribution in [3.05, 3.63) is 41.9 Å². The summed E-state index contributed by atoms with van der Waals surface area (Å²) < 4.78 is 5.14. The molecule has 0 aliphatic rings. The Bertz CT molecular complexity index is 613. The van der Waals surface area contributed by atoms with Crippen LogP contribution < -0.4 is 16.2 Å². The number of carbonyl (C=O) groups is 1. The van der Waals surface area contributed by atoms with Gasteiger partial charge in [0.15, 0.2) is 5.69 Å². The van der Waals surface area contributed by atoms with E-state index in [1.165, 1.54) is 0 Å². The molecule has 1 heterocycles. The van der Waals surface area contributed by atoms with Gasteiger partial charge in [-0.25, -0.2) is 4.98 Å². The molecule has 4 N–H and O–H groups in total. The molecule has 98 valence electrons. The van der Waals surface area contributed by atoms with Gasteiger partial charge in [-0.1, -0.05) is 12.1 Å². The van der Waals surface area contributed by atoms with E-state index in [4.69, 9.17) is 16.2 Å². The minimum absolute atomic E-state index is 0.0998. The number of nitrogens with two attached hydrogens (primary N) is 2. The number of ether oxygens (including phenoxy) is 1. The molecule has 0 spiro atoms. The molecule has 2 aromatic rings. The summed E-state index contributed by atoms with van der Waals surface area (Å²) >= 11 is 0. The third kappa shape index (κ3) is 2.69. The van der Waals surface area contributed by atoms with Crippen LogP contribution in [0.5, 0.6) is 5.75 Å². The summed E-state index contributed by atoms with van der Waals surface area (Å²) in [7, 11) is 1.58. The van der Waals surface area contributed by atoms with Gasteiger partial charge in [0, 0.05) is 12.1 Å². The fraction of sp³-hybridized carbons (Fsp3) is 0.154. The summed E-state index contributed by atoms with van der Waals surface area (Å²) in [5, 5.41) is 0. The third-order valence-electron chi connectivity index (χ3n) is 2.64. The second-order valence-electron chi connectivity index (χ2n) is 3.85. The van der Waals surface area contributed by atoms with Crippen LogP contribution in [0.1, 0.15) is 16.2 Å². The van der Waals surface area contributed by atoms with Crippen LogP contribution in [-0.2, 0) is 6.54 Å². The number of carbonyl (C=O) groups excluding carboxylic acids is 1. The van der Waals surface area contributed by atoms with Gasteiger partial charge >= 0.3 is 0 Å². The van der Waals surface area contributed by atoms with Crippen molar-refractivity contribution in [1.29, 1.82) is 0 Å². The predicted octanol–water partition coefficient (Wildman–Crippen LogP) is 0.710. The topological polar surface area (TPSA) is 104 Å². The second-order valence-corrected chi connectivity index (χ2v) is 3.85. The first-order valence-corrected chi connectivity index (χ1v) is 5.66. The monoisotopic (exact) mass is 258 g/mol. The molecule has 6 nitrogen and oxygen atoms in total. The third-order valence-corrected chi connectivity index (χ3v) is 2.64. The largest absolute Gasteiger partial charge is 0.497 e. The number of benzene rings is 1. The van der Waals surface area contributed by atoms with E-state index in [1.54, 1.807) is 19.4 Å². The molecular formula is C13H14N4O2. The van der Waals surface area contributed by atoms with Crippen molar-refractivity contribution in [3.8, 4) is 17.0 Å². The Kier molecular flexibility index (Phi) is 3.72. The number of hydrogen-bond donors (Lipinski definition) is 2. The average molecular weight is 258 g/mol. The van der Waals surface area contributed by atoms with E-state index >= 15 is 0 Å². The Balaban J connectivity index is 2.50. The van der Waals surface area contributed by atoms with Crippen molar-refractivity contribution in [3.63, 3.8) is 0 Å². The highest BCUT2D eigenvalue weighted by atomic mass is 16.5. The number of primary amides is 1. The minimum Gasteiger partial charge on any atom is -0.497 e. The van der Waals surface area contributed by atoms with E-state index in [2.05, 4.69) is 9.97 Å². The molecule has 0 saturated heterocycles. The second kappa shape index (κ2) is 5.45. The van der Waals surface area contributed by atoms with E-state index in [1.807, 2.05) is 18.2 Å². The van der Waals surface area contributed by atoms with Crippen LogP contribution in [-0.4, -0.2) is 23.0 Å². The van der Waals surface area contributed by atoms with Gasteiger partial charge < -0.3 is 16.2 Å². The Morgan fingerprint density at radius 1 is 1.42 bits per heavy atom. The lowest BCUT2D eigenvalue weighted by molar-refractivity contribution is 0.0994. The van der Waals surface area contributed by atoms with Crippen molar-refractivity contribution in [2.75, 3.05) is 7.11 Å². The number of amides is 1. The SMILES string of the molecule is COc1cccc(-c2cnc(CN)c(C(N)=O)n2)c1. The molecule has 0 bridgehead atoms. The lowest BCUT2D eigenvalue weighted by Crippen LogP contribution is -2.19. The van der Waals surface area contributed by atoms with Crippen LogP contribution in [0.25, 0.3) is 11.3 Å². The van der Waals surface area contributed by atoms with Gasteiger partial charge in [0.2, 0.25) is 0 Å². The Morgan fingerprint density at radius 2 is 2.21 bits per heavy atom. The zero-order valence-corrected chi connectivity index (χ0v) is 10.5. The molecule has 0 fully saturated rings. The normalized spacial score (nSPS) is 10.2. The Morgan fingerprint density at radius 3 is 2.84 bits per heavy atom. The molecular weight excluding hydrogens is 244 g/mol. The zero-order valence-electron chi connectivity index (χ0n) is 10.5. The van der Waals surface area contributed by atoms with Gasteiger partial charge in [0.05, 0.1) is 24.7 Å². The van der Waals surface area contributed by atoms with Crippen LogP contribution in [0.2, 0.25) is 0 Å². The van der Waals surface area contributed by atoms with Crippen molar-refractivity contribution in [1.82, 2.24) is 9.97 Å². The summed E-state index contributed by atoms with van der Waals surface area (Å²) in [5.41, 5.74) is 12.6. The highest BCUT2D eigenvalue weighted by Gasteiger charge is 2.12. The van der Waals surface area contributed by atoms with E-state index in [0.717, 1.165) is 5.56 Å². The van der Waals surface area contributed by atoms with Crippen LogP contribution in [0.15, 0.2) is 30.5 Å². The number of aromatic nitrogens is 2. The molecule has 0 radical (unpaired) electrons. The fourth-order valence-corrected chi connectivity index (χ4v) is 1.68. The summed E-state index contributed by atoms with van der Waals surface area (Å²) in [6.07, 6.45) is 1.56. The molecule has 0 unspecified atom stereocenters. The van der Waals surface area contributed by atoms with Crippen molar-refractivity contribution >= 4 is 5.91 Å². The molecule has 0 aliphatic carbocycles. The fourth-order valence-electron chi connectivity index (χ4n) is 1.68. The lowest BCUT2D eigenvalue weighted by atomic mass is 10.1. The van der Waals surface area contributed by atoms with Crippen LogP contribution >= 0.6 is 0 Å². The quantitative estimate of drug-likeness (QED) is 0.840. The number of nitrogens with zero attached hydrogens (tertiary/aromatic N) is 2. The maximum atomic E-state index is 11.3. The molecule has 1 aromatic heterocycles. The van der Waals surface area contributed by atoms with Gasteiger partial charge in [-0.15, -0.1) is 0 Å². The van der Waals surface area contributed by atoms with Crippen LogP contribution in [0.4, 0.5) is 0 Å². The summed E-state index contributed by atoms with van der Waals surface area (Å²) in [5.74, 6) is 0.0560. The van der Waals surface area contributed by atoms with Crippen molar-refractivity contribution < 1.29 is 9.53 Å². The molecule has 0 saturated carbocycles.